The summed E-state index contributed by atoms with van der Waals surface area (Å²) in [6, 6.07) is 0. The molecule has 128 valence electrons. The van der Waals surface area contributed by atoms with Gasteiger partial charge in [-0.1, -0.05) is 44.7 Å². The molecular formula is C16H24ClN3O3. The van der Waals surface area contributed by atoms with E-state index in [4.69, 9.17) is 16.7 Å². The molecule has 1 heterocycles. The average Bonchev–Trinajstić information content (AvgIpc) is 2.49. The van der Waals surface area contributed by atoms with E-state index in [2.05, 4.69) is 15.3 Å². The molecule has 0 aromatic carbocycles. The fraction of sp³-hybridized carbons (Fsp3) is 0.625. The number of rotatable bonds is 10. The lowest BCUT2D eigenvalue weighted by Gasteiger charge is -2.09. The van der Waals surface area contributed by atoms with Crippen molar-refractivity contribution in [3.05, 3.63) is 22.7 Å². The first-order valence-corrected chi connectivity index (χ1v) is 8.32. The zero-order chi connectivity index (χ0) is 17.2. The van der Waals surface area contributed by atoms with E-state index in [-0.39, 0.29) is 29.0 Å². The van der Waals surface area contributed by atoms with Crippen molar-refractivity contribution in [2.24, 2.45) is 0 Å². The molecule has 0 aliphatic carbocycles. The van der Waals surface area contributed by atoms with Gasteiger partial charge in [-0.05, 0) is 12.8 Å². The van der Waals surface area contributed by atoms with E-state index in [1.54, 1.807) is 0 Å². The van der Waals surface area contributed by atoms with Gasteiger partial charge in [0.25, 0.3) is 5.91 Å². The lowest BCUT2D eigenvalue weighted by Crippen LogP contribution is -2.26. The first-order valence-electron chi connectivity index (χ1n) is 7.94. The van der Waals surface area contributed by atoms with E-state index >= 15 is 0 Å². The highest BCUT2D eigenvalue weighted by atomic mass is 35.5. The van der Waals surface area contributed by atoms with Crippen molar-refractivity contribution in [2.75, 3.05) is 6.54 Å². The number of carboxylic acids is 1. The van der Waals surface area contributed by atoms with Gasteiger partial charge < -0.3 is 10.4 Å². The van der Waals surface area contributed by atoms with Crippen LogP contribution in [0.3, 0.4) is 0 Å². The molecule has 0 unspecified atom stereocenters. The van der Waals surface area contributed by atoms with Gasteiger partial charge in [-0.3, -0.25) is 9.59 Å². The molecule has 1 amide bonds. The van der Waals surface area contributed by atoms with Gasteiger partial charge in [-0.25, -0.2) is 9.97 Å². The average molecular weight is 342 g/mol. The molecule has 0 atom stereocenters. The summed E-state index contributed by atoms with van der Waals surface area (Å²) in [5.41, 5.74) is 0.215. The van der Waals surface area contributed by atoms with Gasteiger partial charge in [-0.15, -0.1) is 0 Å². The zero-order valence-corrected chi connectivity index (χ0v) is 14.4. The van der Waals surface area contributed by atoms with Crippen molar-refractivity contribution >= 4 is 23.5 Å². The molecule has 0 saturated heterocycles. The predicted molar refractivity (Wildman–Crippen MR) is 88.8 cm³/mol. The Kier molecular flexibility index (Phi) is 8.55. The van der Waals surface area contributed by atoms with Crippen molar-refractivity contribution in [3.8, 4) is 0 Å². The Labute approximate surface area is 141 Å². The van der Waals surface area contributed by atoms with Crippen LogP contribution in [0.1, 0.15) is 74.6 Å². The lowest BCUT2D eigenvalue weighted by molar-refractivity contribution is -0.137. The number of nitrogens with zero attached hydrogens (tertiary/aromatic N) is 2. The van der Waals surface area contributed by atoms with Crippen LogP contribution < -0.4 is 5.32 Å². The topological polar surface area (TPSA) is 92.2 Å². The largest absolute Gasteiger partial charge is 0.481 e. The molecule has 0 aliphatic rings. The maximum atomic E-state index is 12.1. The molecule has 0 bridgehead atoms. The fourth-order valence-corrected chi connectivity index (χ4v) is 2.21. The molecule has 6 nitrogen and oxygen atoms in total. The Hall–Kier alpha value is -1.69. The van der Waals surface area contributed by atoms with Crippen LogP contribution >= 0.6 is 11.6 Å². The first-order chi connectivity index (χ1) is 10.9. The summed E-state index contributed by atoms with van der Waals surface area (Å²) in [4.78, 5) is 30.8. The molecule has 1 aromatic rings. The second-order valence-electron chi connectivity index (χ2n) is 5.75. The summed E-state index contributed by atoms with van der Waals surface area (Å²) in [5.74, 6) is -0.312. The monoisotopic (exact) mass is 341 g/mol. The van der Waals surface area contributed by atoms with Crippen LogP contribution in [0.4, 0.5) is 0 Å². The SMILES string of the molecule is CC(C)c1ncc(Cl)c(C(=O)NCCCCCCCC(=O)O)n1. The maximum absolute atomic E-state index is 12.1. The molecular weight excluding hydrogens is 318 g/mol. The van der Waals surface area contributed by atoms with E-state index in [1.807, 2.05) is 13.8 Å². The molecule has 1 aromatic heterocycles. The van der Waals surface area contributed by atoms with Crippen molar-refractivity contribution in [1.82, 2.24) is 15.3 Å². The minimum Gasteiger partial charge on any atom is -0.481 e. The highest BCUT2D eigenvalue weighted by molar-refractivity contribution is 6.33. The zero-order valence-electron chi connectivity index (χ0n) is 13.6. The summed E-state index contributed by atoms with van der Waals surface area (Å²) in [7, 11) is 0. The number of unbranched alkanes of at least 4 members (excludes halogenated alkanes) is 4. The lowest BCUT2D eigenvalue weighted by atomic mass is 10.1. The van der Waals surface area contributed by atoms with Crippen LogP contribution in [0, 0.1) is 0 Å². The van der Waals surface area contributed by atoms with E-state index in [9.17, 15) is 9.59 Å². The van der Waals surface area contributed by atoms with Crippen LogP contribution in [-0.2, 0) is 4.79 Å². The smallest absolute Gasteiger partial charge is 0.303 e. The van der Waals surface area contributed by atoms with Gasteiger partial charge in [0.1, 0.15) is 11.5 Å². The number of halogens is 1. The van der Waals surface area contributed by atoms with Gasteiger partial charge in [0, 0.05) is 18.9 Å². The number of carboxylic acid groups (broad SMARTS) is 1. The maximum Gasteiger partial charge on any atom is 0.303 e. The number of carbonyl (C=O) groups is 2. The number of carbonyl (C=O) groups excluding carboxylic acids is 1. The third-order valence-corrected chi connectivity index (χ3v) is 3.62. The Morgan fingerprint density at radius 2 is 1.87 bits per heavy atom. The van der Waals surface area contributed by atoms with Crippen molar-refractivity contribution in [1.29, 1.82) is 0 Å². The molecule has 0 spiro atoms. The Morgan fingerprint density at radius 3 is 2.52 bits per heavy atom. The number of aliphatic carboxylic acids is 1. The molecule has 0 saturated carbocycles. The van der Waals surface area contributed by atoms with E-state index in [1.165, 1.54) is 6.20 Å². The Balaban J connectivity index is 2.29. The second-order valence-corrected chi connectivity index (χ2v) is 6.15. The van der Waals surface area contributed by atoms with Crippen molar-refractivity contribution < 1.29 is 14.7 Å². The first kappa shape index (κ1) is 19.4. The molecule has 7 heteroatoms. The summed E-state index contributed by atoms with van der Waals surface area (Å²) in [6.45, 7) is 4.46. The van der Waals surface area contributed by atoms with E-state index in [0.717, 1.165) is 25.7 Å². The van der Waals surface area contributed by atoms with Crippen LogP contribution in [-0.4, -0.2) is 33.5 Å². The molecule has 0 radical (unpaired) electrons. The van der Waals surface area contributed by atoms with Crippen LogP contribution in [0.15, 0.2) is 6.20 Å². The van der Waals surface area contributed by atoms with Crippen molar-refractivity contribution in [2.45, 2.75) is 58.3 Å². The van der Waals surface area contributed by atoms with Gasteiger partial charge in [0.2, 0.25) is 0 Å². The summed E-state index contributed by atoms with van der Waals surface area (Å²) in [6.07, 6.45) is 6.05. The third kappa shape index (κ3) is 7.41. The van der Waals surface area contributed by atoms with Crippen LogP contribution in [0.5, 0.6) is 0 Å². The number of hydrogen-bond acceptors (Lipinski definition) is 4. The molecule has 0 fully saturated rings. The highest BCUT2D eigenvalue weighted by Gasteiger charge is 2.14. The molecule has 2 N–H and O–H groups in total. The molecule has 0 aliphatic heterocycles. The highest BCUT2D eigenvalue weighted by Crippen LogP contribution is 2.16. The van der Waals surface area contributed by atoms with Crippen LogP contribution in [0.2, 0.25) is 5.02 Å². The van der Waals surface area contributed by atoms with Gasteiger partial charge in [-0.2, -0.15) is 0 Å². The van der Waals surface area contributed by atoms with E-state index in [0.29, 0.717) is 18.8 Å². The predicted octanol–water partition coefficient (Wildman–Crippen LogP) is 3.41. The third-order valence-electron chi connectivity index (χ3n) is 3.35. The second kappa shape index (κ2) is 10.2. The number of hydrogen-bond donors (Lipinski definition) is 2. The quantitative estimate of drug-likeness (QED) is 0.636. The normalized spacial score (nSPS) is 10.8. The summed E-state index contributed by atoms with van der Waals surface area (Å²) >= 11 is 5.98. The Bertz CT molecular complexity index is 535. The number of amides is 1. The van der Waals surface area contributed by atoms with Crippen LogP contribution in [0.25, 0.3) is 0 Å². The minimum atomic E-state index is -0.750. The van der Waals surface area contributed by atoms with Crippen molar-refractivity contribution in [3.63, 3.8) is 0 Å². The van der Waals surface area contributed by atoms with E-state index < -0.39 is 5.97 Å². The molecule has 23 heavy (non-hydrogen) atoms. The fourth-order valence-electron chi connectivity index (χ4n) is 2.04. The Morgan fingerprint density at radius 1 is 1.22 bits per heavy atom. The standard InChI is InChI=1S/C16H24ClN3O3/c1-11(2)15-19-10-12(17)14(20-15)16(23)18-9-7-5-3-4-6-8-13(21)22/h10-11H,3-9H2,1-2H3,(H,18,23)(H,21,22). The minimum absolute atomic E-state index is 0.129. The van der Waals surface area contributed by atoms with Gasteiger partial charge in [0.15, 0.2) is 0 Å². The molecule has 1 rings (SSSR count). The van der Waals surface area contributed by atoms with Gasteiger partial charge in [0.05, 0.1) is 11.2 Å². The summed E-state index contributed by atoms with van der Waals surface area (Å²) in [5, 5.41) is 11.6. The van der Waals surface area contributed by atoms with Gasteiger partial charge >= 0.3 is 5.97 Å². The number of aromatic nitrogens is 2. The number of nitrogens with one attached hydrogen (secondary N) is 1. The summed E-state index contributed by atoms with van der Waals surface area (Å²) < 4.78 is 0.